The molecule has 3 nitrogen and oxygen atoms in total. The average Bonchev–Trinajstić information content (AvgIpc) is 3.05. The van der Waals surface area contributed by atoms with Crippen molar-refractivity contribution in [1.82, 2.24) is 0 Å². The number of carboxylic acid groups (broad SMARTS) is 1. The van der Waals surface area contributed by atoms with Crippen LogP contribution < -0.4 is 4.74 Å². The highest BCUT2D eigenvalue weighted by molar-refractivity contribution is 7.99. The number of ether oxygens (including phenoxy) is 1. The van der Waals surface area contributed by atoms with Crippen LogP contribution >= 0.6 is 23.1 Å². The smallest absolute Gasteiger partial charge is 0.346 e. The van der Waals surface area contributed by atoms with Crippen molar-refractivity contribution in [2.75, 3.05) is 7.11 Å². The third-order valence-electron chi connectivity index (χ3n) is 3.70. The largest absolute Gasteiger partial charge is 0.497 e. The van der Waals surface area contributed by atoms with Gasteiger partial charge in [0.2, 0.25) is 0 Å². The predicted octanol–water partition coefficient (Wildman–Crippen LogP) is 3.86. The van der Waals surface area contributed by atoms with Gasteiger partial charge in [0, 0.05) is 11.0 Å². The number of hydrogen-bond acceptors (Lipinski definition) is 4. The second-order valence-corrected chi connectivity index (χ2v) is 7.23. The zero-order valence-electron chi connectivity index (χ0n) is 11.7. The molecule has 0 aliphatic heterocycles. The van der Waals surface area contributed by atoms with Gasteiger partial charge in [0.1, 0.15) is 10.6 Å². The monoisotopic (exact) mass is 320 g/mol. The fourth-order valence-corrected chi connectivity index (χ4v) is 4.75. The molecule has 0 radical (unpaired) electrons. The summed E-state index contributed by atoms with van der Waals surface area (Å²) in [4.78, 5) is 11.7. The molecule has 1 aromatic heterocycles. The molecule has 21 heavy (non-hydrogen) atoms. The number of aromatic carboxylic acids is 1. The van der Waals surface area contributed by atoms with E-state index in [-0.39, 0.29) is 0 Å². The molecular weight excluding hydrogens is 304 g/mol. The lowest BCUT2D eigenvalue weighted by Crippen LogP contribution is -2.04. The third-order valence-corrected chi connectivity index (χ3v) is 6.06. The number of carbonyl (C=O) groups is 1. The van der Waals surface area contributed by atoms with Crippen molar-refractivity contribution >= 4 is 29.1 Å². The Morgan fingerprint density at radius 2 is 2.14 bits per heavy atom. The summed E-state index contributed by atoms with van der Waals surface area (Å²) in [5, 5.41) is 11.7. The lowest BCUT2D eigenvalue weighted by Gasteiger charge is -2.09. The summed E-state index contributed by atoms with van der Waals surface area (Å²) in [6, 6.07) is 8.12. The van der Waals surface area contributed by atoms with Crippen LogP contribution in [0.3, 0.4) is 0 Å². The Morgan fingerprint density at radius 3 is 2.81 bits per heavy atom. The molecule has 1 aromatic carbocycles. The van der Waals surface area contributed by atoms with Crippen LogP contribution in [0.2, 0.25) is 0 Å². The molecular formula is C16H16O3S2. The van der Waals surface area contributed by atoms with E-state index in [1.54, 1.807) is 7.11 Å². The van der Waals surface area contributed by atoms with Crippen molar-refractivity contribution in [2.45, 2.75) is 23.8 Å². The fraction of sp³-hybridized carbons (Fsp3) is 0.312. The summed E-state index contributed by atoms with van der Waals surface area (Å²) in [7, 11) is 1.67. The molecule has 0 amide bonds. The molecule has 3 rings (SSSR count). The first-order valence-corrected chi connectivity index (χ1v) is 8.67. The standard InChI is InChI=1S/C16H16O3S2/c1-19-12-4-2-10(3-5-12)8-20-13-6-11-9-21-15(16(17)18)14(11)7-13/h2-5,9,13H,6-8H2,1H3,(H,17,18). The van der Waals surface area contributed by atoms with E-state index in [1.165, 1.54) is 22.5 Å². The van der Waals surface area contributed by atoms with E-state index in [2.05, 4.69) is 12.1 Å². The third kappa shape index (κ3) is 3.09. The Kier molecular flexibility index (Phi) is 4.22. The Bertz CT molecular complexity index is 646. The van der Waals surface area contributed by atoms with Gasteiger partial charge in [0.15, 0.2) is 0 Å². The van der Waals surface area contributed by atoms with E-state index in [0.717, 1.165) is 29.9 Å². The molecule has 1 N–H and O–H groups in total. The van der Waals surface area contributed by atoms with E-state index in [1.807, 2.05) is 29.3 Å². The summed E-state index contributed by atoms with van der Waals surface area (Å²) in [6.07, 6.45) is 1.86. The number of rotatable bonds is 5. The van der Waals surface area contributed by atoms with Gasteiger partial charge < -0.3 is 9.84 Å². The number of hydrogen-bond donors (Lipinski definition) is 1. The second-order valence-electron chi connectivity index (χ2n) is 5.06. The van der Waals surface area contributed by atoms with Gasteiger partial charge in [-0.25, -0.2) is 4.79 Å². The maximum absolute atomic E-state index is 11.2. The van der Waals surface area contributed by atoms with Crippen LogP contribution in [-0.4, -0.2) is 23.4 Å². The van der Waals surface area contributed by atoms with Gasteiger partial charge in [-0.1, -0.05) is 12.1 Å². The van der Waals surface area contributed by atoms with Crippen molar-refractivity contribution in [3.05, 3.63) is 51.2 Å². The molecule has 0 fully saturated rings. The first-order valence-electron chi connectivity index (χ1n) is 6.74. The van der Waals surface area contributed by atoms with E-state index in [9.17, 15) is 9.90 Å². The number of thioether (sulfide) groups is 1. The number of benzene rings is 1. The van der Waals surface area contributed by atoms with Crippen molar-refractivity contribution < 1.29 is 14.6 Å². The molecule has 110 valence electrons. The highest BCUT2D eigenvalue weighted by Gasteiger charge is 2.28. The molecule has 1 aliphatic rings. The van der Waals surface area contributed by atoms with Crippen molar-refractivity contribution in [3.63, 3.8) is 0 Å². The van der Waals surface area contributed by atoms with E-state index in [4.69, 9.17) is 4.74 Å². The van der Waals surface area contributed by atoms with E-state index in [0.29, 0.717) is 10.1 Å². The van der Waals surface area contributed by atoms with Crippen LogP contribution in [0, 0.1) is 0 Å². The summed E-state index contributed by atoms with van der Waals surface area (Å²) < 4.78 is 5.15. The second kappa shape index (κ2) is 6.12. The van der Waals surface area contributed by atoms with Crippen molar-refractivity contribution in [2.24, 2.45) is 0 Å². The van der Waals surface area contributed by atoms with Crippen LogP contribution in [0.1, 0.15) is 26.4 Å². The lowest BCUT2D eigenvalue weighted by atomic mass is 10.2. The van der Waals surface area contributed by atoms with E-state index >= 15 is 0 Å². The average molecular weight is 320 g/mol. The van der Waals surface area contributed by atoms with Gasteiger partial charge >= 0.3 is 5.97 Å². The molecule has 1 unspecified atom stereocenters. The molecule has 5 heteroatoms. The lowest BCUT2D eigenvalue weighted by molar-refractivity contribution is 0.0701. The van der Waals surface area contributed by atoms with Crippen LogP contribution in [0.5, 0.6) is 5.75 Å². The first-order chi connectivity index (χ1) is 10.2. The summed E-state index contributed by atoms with van der Waals surface area (Å²) in [5.41, 5.74) is 3.55. The normalized spacial score (nSPS) is 16.7. The minimum Gasteiger partial charge on any atom is -0.497 e. The topological polar surface area (TPSA) is 46.5 Å². The van der Waals surface area contributed by atoms with Crippen LogP contribution in [0.25, 0.3) is 0 Å². The molecule has 0 saturated heterocycles. The summed E-state index contributed by atoms with van der Waals surface area (Å²) >= 11 is 3.26. The number of methoxy groups -OCH3 is 1. The summed E-state index contributed by atoms with van der Waals surface area (Å²) in [6.45, 7) is 0. The molecule has 1 aliphatic carbocycles. The Balaban J connectivity index is 1.59. The van der Waals surface area contributed by atoms with Crippen molar-refractivity contribution in [3.8, 4) is 5.75 Å². The van der Waals surface area contributed by atoms with E-state index < -0.39 is 5.97 Å². The zero-order valence-corrected chi connectivity index (χ0v) is 13.3. The fourth-order valence-electron chi connectivity index (χ4n) is 2.59. The molecule has 0 saturated carbocycles. The SMILES string of the molecule is COc1ccc(CSC2Cc3csc(C(=O)O)c3C2)cc1. The quantitative estimate of drug-likeness (QED) is 0.909. The molecule has 0 bridgehead atoms. The molecule has 2 aromatic rings. The number of carboxylic acids is 1. The Morgan fingerprint density at radius 1 is 1.38 bits per heavy atom. The van der Waals surface area contributed by atoms with Crippen LogP contribution in [-0.2, 0) is 18.6 Å². The minimum atomic E-state index is -0.790. The molecule has 0 spiro atoms. The highest BCUT2D eigenvalue weighted by atomic mass is 32.2. The zero-order chi connectivity index (χ0) is 14.8. The maximum Gasteiger partial charge on any atom is 0.346 e. The van der Waals surface area contributed by atoms with Crippen LogP contribution in [0.15, 0.2) is 29.6 Å². The Hall–Kier alpha value is -1.46. The number of thiophene rings is 1. The van der Waals surface area contributed by atoms with Crippen LogP contribution in [0.4, 0.5) is 0 Å². The highest BCUT2D eigenvalue weighted by Crippen LogP contribution is 2.37. The molecule has 1 atom stereocenters. The Labute approximate surface area is 132 Å². The van der Waals surface area contributed by atoms with Gasteiger partial charge in [0.05, 0.1) is 7.11 Å². The van der Waals surface area contributed by atoms with Gasteiger partial charge in [-0.15, -0.1) is 11.3 Å². The maximum atomic E-state index is 11.2. The van der Waals surface area contributed by atoms with Gasteiger partial charge in [-0.05, 0) is 47.0 Å². The number of fused-ring (bicyclic) bond motifs is 1. The predicted molar refractivity (Wildman–Crippen MR) is 86.8 cm³/mol. The van der Waals surface area contributed by atoms with Gasteiger partial charge in [0.25, 0.3) is 0 Å². The van der Waals surface area contributed by atoms with Gasteiger partial charge in [-0.3, -0.25) is 0 Å². The first kappa shape index (κ1) is 14.5. The minimum absolute atomic E-state index is 0.489. The summed E-state index contributed by atoms with van der Waals surface area (Å²) in [5.74, 6) is 1.03. The molecule has 1 heterocycles. The van der Waals surface area contributed by atoms with Crippen molar-refractivity contribution in [1.29, 1.82) is 0 Å². The van der Waals surface area contributed by atoms with Gasteiger partial charge in [-0.2, -0.15) is 11.8 Å².